The van der Waals surface area contributed by atoms with Gasteiger partial charge in [-0.25, -0.2) is 4.79 Å². The van der Waals surface area contributed by atoms with E-state index in [1.54, 1.807) is 7.05 Å². The Morgan fingerprint density at radius 1 is 1.21 bits per heavy atom. The van der Waals surface area contributed by atoms with Gasteiger partial charge >= 0.3 is 12.3 Å². The number of hydrogen-bond acceptors (Lipinski definition) is 3. The third kappa shape index (κ3) is 7.19. The molecule has 0 atom stereocenters. The maximum absolute atomic E-state index is 12.6. The first-order valence-electron chi connectivity index (χ1n) is 9.71. The van der Waals surface area contributed by atoms with Crippen molar-refractivity contribution < 1.29 is 22.7 Å². The first-order chi connectivity index (χ1) is 13.3. The molecule has 1 saturated carbocycles. The highest BCUT2D eigenvalue weighted by Gasteiger charge is 2.30. The van der Waals surface area contributed by atoms with Gasteiger partial charge in [0.25, 0.3) is 0 Å². The van der Waals surface area contributed by atoms with Crippen LogP contribution < -0.4 is 10.1 Å². The molecular formula is C21H29F3N2O2. The van der Waals surface area contributed by atoms with E-state index in [4.69, 9.17) is 4.74 Å². The van der Waals surface area contributed by atoms with E-state index in [-0.39, 0.29) is 5.75 Å². The highest BCUT2D eigenvalue weighted by Crippen LogP contribution is 2.31. The van der Waals surface area contributed by atoms with Crippen LogP contribution in [-0.2, 0) is 6.18 Å². The number of nitrogens with one attached hydrogen (secondary N) is 1. The first-order valence-corrected chi connectivity index (χ1v) is 9.71. The number of hydrogen-bond donors (Lipinski definition) is 1. The molecule has 28 heavy (non-hydrogen) atoms. The molecule has 156 valence electrons. The number of alkyl halides is 3. The standard InChI is InChI=1S/C21H29F3N2O2/c1-3-13-25-15-17-6-4-16(5-7-17)12-14-26(2)20(27)28-19-10-8-18(9-11-19)21(22,23)24/h3,8-11,16-17,25H,1,4-7,12-15H2,2H3. The maximum Gasteiger partial charge on any atom is 0.416 e. The van der Waals surface area contributed by atoms with E-state index in [1.165, 1.54) is 17.7 Å². The topological polar surface area (TPSA) is 41.6 Å². The van der Waals surface area contributed by atoms with Crippen LogP contribution in [0.15, 0.2) is 36.9 Å². The number of benzene rings is 1. The Labute approximate surface area is 164 Å². The molecule has 7 heteroatoms. The van der Waals surface area contributed by atoms with Gasteiger partial charge in [0.1, 0.15) is 5.75 Å². The van der Waals surface area contributed by atoms with Gasteiger partial charge in [-0.1, -0.05) is 18.9 Å². The van der Waals surface area contributed by atoms with E-state index >= 15 is 0 Å². The van der Waals surface area contributed by atoms with Crippen LogP contribution >= 0.6 is 0 Å². The van der Waals surface area contributed by atoms with Crippen LogP contribution in [0.25, 0.3) is 0 Å². The summed E-state index contributed by atoms with van der Waals surface area (Å²) >= 11 is 0. The summed E-state index contributed by atoms with van der Waals surface area (Å²) in [6.45, 7) is 6.14. The highest BCUT2D eigenvalue weighted by molar-refractivity contribution is 5.70. The smallest absolute Gasteiger partial charge is 0.410 e. The SMILES string of the molecule is C=CCNCC1CCC(CCN(C)C(=O)Oc2ccc(C(F)(F)F)cc2)CC1. The van der Waals surface area contributed by atoms with Gasteiger partial charge in [-0.15, -0.1) is 6.58 Å². The summed E-state index contributed by atoms with van der Waals surface area (Å²) in [6, 6.07) is 4.14. The van der Waals surface area contributed by atoms with Gasteiger partial charge in [0.05, 0.1) is 5.56 Å². The molecule has 0 radical (unpaired) electrons. The summed E-state index contributed by atoms with van der Waals surface area (Å²) in [4.78, 5) is 13.6. The predicted molar refractivity (Wildman–Crippen MR) is 103 cm³/mol. The molecule has 1 aromatic rings. The van der Waals surface area contributed by atoms with Crippen molar-refractivity contribution in [3.8, 4) is 5.75 Å². The van der Waals surface area contributed by atoms with Crippen molar-refractivity contribution in [2.24, 2.45) is 11.8 Å². The number of nitrogens with zero attached hydrogens (tertiary/aromatic N) is 1. The van der Waals surface area contributed by atoms with Gasteiger partial charge < -0.3 is 15.0 Å². The van der Waals surface area contributed by atoms with Crippen LogP contribution in [0.4, 0.5) is 18.0 Å². The number of rotatable bonds is 8. The molecule has 1 fully saturated rings. The van der Waals surface area contributed by atoms with E-state index in [2.05, 4.69) is 11.9 Å². The maximum atomic E-state index is 12.6. The molecular weight excluding hydrogens is 369 g/mol. The number of amides is 1. The van der Waals surface area contributed by atoms with Crippen LogP contribution in [0.1, 0.15) is 37.7 Å². The summed E-state index contributed by atoms with van der Waals surface area (Å²) in [5.41, 5.74) is -0.768. The van der Waals surface area contributed by atoms with Crippen molar-refractivity contribution in [1.82, 2.24) is 10.2 Å². The van der Waals surface area contributed by atoms with Crippen molar-refractivity contribution in [2.75, 3.05) is 26.7 Å². The van der Waals surface area contributed by atoms with Crippen LogP contribution in [0.3, 0.4) is 0 Å². The largest absolute Gasteiger partial charge is 0.416 e. The van der Waals surface area contributed by atoms with Gasteiger partial charge in [-0.05, 0) is 61.9 Å². The Kier molecular flexibility index (Phi) is 8.35. The molecule has 1 aliphatic carbocycles. The van der Waals surface area contributed by atoms with Crippen molar-refractivity contribution in [2.45, 2.75) is 38.3 Å². The molecule has 0 heterocycles. The fourth-order valence-electron chi connectivity index (χ4n) is 3.47. The third-order valence-corrected chi connectivity index (χ3v) is 5.26. The lowest BCUT2D eigenvalue weighted by molar-refractivity contribution is -0.137. The number of carbonyl (C=O) groups excluding carboxylic acids is 1. The average molecular weight is 398 g/mol. The monoisotopic (exact) mass is 398 g/mol. The fraction of sp³-hybridized carbons (Fsp3) is 0.571. The molecule has 2 rings (SSSR count). The minimum Gasteiger partial charge on any atom is -0.410 e. The van der Waals surface area contributed by atoms with Crippen molar-refractivity contribution in [3.05, 3.63) is 42.5 Å². The van der Waals surface area contributed by atoms with Crippen molar-refractivity contribution in [3.63, 3.8) is 0 Å². The summed E-state index contributed by atoms with van der Waals surface area (Å²) in [5.74, 6) is 1.41. The predicted octanol–water partition coefficient (Wildman–Crippen LogP) is 5.11. The molecule has 0 aliphatic heterocycles. The second-order valence-corrected chi connectivity index (χ2v) is 7.43. The molecule has 0 saturated heterocycles. The molecule has 0 bridgehead atoms. The second-order valence-electron chi connectivity index (χ2n) is 7.43. The number of ether oxygens (including phenoxy) is 1. The van der Waals surface area contributed by atoms with Crippen molar-refractivity contribution >= 4 is 6.09 Å². The zero-order valence-electron chi connectivity index (χ0n) is 16.3. The van der Waals surface area contributed by atoms with E-state index in [0.29, 0.717) is 18.4 Å². The average Bonchev–Trinajstić information content (AvgIpc) is 2.67. The summed E-state index contributed by atoms with van der Waals surface area (Å²) in [5, 5.41) is 3.37. The highest BCUT2D eigenvalue weighted by atomic mass is 19.4. The number of halogens is 3. The zero-order chi connectivity index (χ0) is 20.6. The Morgan fingerprint density at radius 2 is 1.82 bits per heavy atom. The lowest BCUT2D eigenvalue weighted by Crippen LogP contribution is -2.32. The Balaban J connectivity index is 1.69. The minimum absolute atomic E-state index is 0.109. The van der Waals surface area contributed by atoms with Crippen LogP contribution in [0.5, 0.6) is 5.75 Å². The molecule has 0 spiro atoms. The van der Waals surface area contributed by atoms with Crippen LogP contribution in [0.2, 0.25) is 0 Å². The molecule has 1 aromatic carbocycles. The Bertz CT molecular complexity index is 624. The molecule has 1 aliphatic rings. The molecule has 0 unspecified atom stereocenters. The van der Waals surface area contributed by atoms with Crippen LogP contribution in [-0.4, -0.2) is 37.7 Å². The molecule has 1 amide bonds. The quantitative estimate of drug-likeness (QED) is 0.489. The lowest BCUT2D eigenvalue weighted by atomic mass is 9.80. The van der Waals surface area contributed by atoms with E-state index < -0.39 is 17.8 Å². The second kappa shape index (κ2) is 10.5. The van der Waals surface area contributed by atoms with Crippen LogP contribution in [0, 0.1) is 11.8 Å². The lowest BCUT2D eigenvalue weighted by Gasteiger charge is -2.29. The Hall–Kier alpha value is -2.02. The van der Waals surface area contributed by atoms with Crippen molar-refractivity contribution in [1.29, 1.82) is 0 Å². The van der Waals surface area contributed by atoms with Gasteiger partial charge in [0.2, 0.25) is 0 Å². The molecule has 0 aromatic heterocycles. The van der Waals surface area contributed by atoms with E-state index in [0.717, 1.165) is 56.6 Å². The summed E-state index contributed by atoms with van der Waals surface area (Å²) in [7, 11) is 1.65. The van der Waals surface area contributed by atoms with E-state index in [1.807, 2.05) is 6.08 Å². The molecule has 1 N–H and O–H groups in total. The van der Waals surface area contributed by atoms with E-state index in [9.17, 15) is 18.0 Å². The third-order valence-electron chi connectivity index (χ3n) is 5.26. The van der Waals surface area contributed by atoms with Gasteiger partial charge in [-0.2, -0.15) is 13.2 Å². The zero-order valence-corrected chi connectivity index (χ0v) is 16.3. The summed E-state index contributed by atoms with van der Waals surface area (Å²) < 4.78 is 42.9. The van der Waals surface area contributed by atoms with Gasteiger partial charge in [-0.3, -0.25) is 0 Å². The normalized spacial score (nSPS) is 19.9. The summed E-state index contributed by atoms with van der Waals surface area (Å²) in [6.07, 6.45) is 2.51. The Morgan fingerprint density at radius 3 is 2.39 bits per heavy atom. The van der Waals surface area contributed by atoms with Gasteiger partial charge in [0, 0.05) is 20.1 Å². The first kappa shape index (κ1) is 22.3. The fourth-order valence-corrected chi connectivity index (χ4v) is 3.47. The van der Waals surface area contributed by atoms with Gasteiger partial charge in [0.15, 0.2) is 0 Å². The minimum atomic E-state index is -4.40. The molecule has 4 nitrogen and oxygen atoms in total. The number of carbonyl (C=O) groups is 1.